The van der Waals surface area contributed by atoms with Crippen LogP contribution in [0.4, 0.5) is 5.69 Å². The van der Waals surface area contributed by atoms with Gasteiger partial charge in [-0.25, -0.2) is 0 Å². The first-order chi connectivity index (χ1) is 13.1. The van der Waals surface area contributed by atoms with Crippen molar-refractivity contribution in [3.63, 3.8) is 0 Å². The minimum atomic E-state index is 0.202. The lowest BCUT2D eigenvalue weighted by Gasteiger charge is -2.38. The number of nitrogens with one attached hydrogen (secondary N) is 1. The molecule has 0 saturated carbocycles. The molecule has 150 valence electrons. The van der Waals surface area contributed by atoms with Crippen molar-refractivity contribution in [2.75, 3.05) is 70.9 Å². The molecule has 0 radical (unpaired) electrons. The maximum Gasteiger partial charge on any atom is 0.194 e. The van der Waals surface area contributed by atoms with Crippen LogP contribution in [0.5, 0.6) is 0 Å². The second-order valence-electron chi connectivity index (χ2n) is 7.64. The van der Waals surface area contributed by atoms with Crippen LogP contribution >= 0.6 is 0 Å². The van der Waals surface area contributed by atoms with Gasteiger partial charge in [0.25, 0.3) is 0 Å². The Morgan fingerprint density at radius 1 is 1.19 bits per heavy atom. The minimum absolute atomic E-state index is 0.202. The summed E-state index contributed by atoms with van der Waals surface area (Å²) < 4.78 is 5.86. The summed E-state index contributed by atoms with van der Waals surface area (Å²) in [7, 11) is 2.15. The molecule has 2 aliphatic rings. The summed E-state index contributed by atoms with van der Waals surface area (Å²) >= 11 is 0. The molecule has 0 spiro atoms. The molecule has 27 heavy (non-hydrogen) atoms. The van der Waals surface area contributed by atoms with Crippen LogP contribution in [0.25, 0.3) is 0 Å². The monoisotopic (exact) mass is 373 g/mol. The quantitative estimate of drug-likeness (QED) is 0.643. The molecule has 2 heterocycles. The molecular formula is C21H35N5O. The number of hydrogen-bond acceptors (Lipinski definition) is 4. The predicted octanol–water partition coefficient (Wildman–Crippen LogP) is 1.72. The molecule has 2 saturated heterocycles. The molecule has 1 aromatic carbocycles. The van der Waals surface area contributed by atoms with Crippen molar-refractivity contribution in [3.05, 3.63) is 29.3 Å². The summed E-state index contributed by atoms with van der Waals surface area (Å²) in [6.45, 7) is 15.0. The van der Waals surface area contributed by atoms with Gasteiger partial charge >= 0.3 is 0 Å². The fourth-order valence-corrected chi connectivity index (χ4v) is 3.83. The van der Waals surface area contributed by atoms with E-state index in [1.54, 1.807) is 0 Å². The normalized spacial score (nSPS) is 22.2. The lowest BCUT2D eigenvalue weighted by atomic mass is 10.1. The molecule has 1 aromatic rings. The molecular weight excluding hydrogens is 338 g/mol. The minimum Gasteiger partial charge on any atom is -0.374 e. The van der Waals surface area contributed by atoms with Crippen molar-refractivity contribution in [3.8, 4) is 0 Å². The lowest BCUT2D eigenvalue weighted by Crippen LogP contribution is -2.53. The summed E-state index contributed by atoms with van der Waals surface area (Å²) in [5, 5.41) is 3.47. The Kier molecular flexibility index (Phi) is 6.96. The third-order valence-corrected chi connectivity index (χ3v) is 5.62. The molecule has 1 N–H and O–H groups in total. The summed E-state index contributed by atoms with van der Waals surface area (Å²) in [5.41, 5.74) is 4.13. The van der Waals surface area contributed by atoms with Gasteiger partial charge in [0.1, 0.15) is 0 Å². The molecule has 0 aromatic heterocycles. The van der Waals surface area contributed by atoms with Gasteiger partial charge in [0, 0.05) is 51.5 Å². The van der Waals surface area contributed by atoms with E-state index < -0.39 is 0 Å². The third kappa shape index (κ3) is 5.14. The first kappa shape index (κ1) is 20.0. The fraction of sp³-hybridized carbons (Fsp3) is 0.667. The van der Waals surface area contributed by atoms with Gasteiger partial charge in [-0.2, -0.15) is 0 Å². The Morgan fingerprint density at radius 3 is 2.67 bits per heavy atom. The summed E-state index contributed by atoms with van der Waals surface area (Å²) in [4.78, 5) is 12.1. The highest BCUT2D eigenvalue weighted by Gasteiger charge is 2.22. The second-order valence-corrected chi connectivity index (χ2v) is 7.64. The van der Waals surface area contributed by atoms with E-state index in [1.165, 1.54) is 16.8 Å². The standard InChI is InChI=1S/C21H35N5O/c1-5-22-21(23-15-19-16-24(4)13-14-27-19)26-11-9-25(10-12-26)20-8-6-7-17(2)18(20)3/h6-8,19H,5,9-16H2,1-4H3,(H,22,23). The molecule has 2 aliphatic heterocycles. The van der Waals surface area contributed by atoms with Crippen LogP contribution in [0.1, 0.15) is 18.1 Å². The van der Waals surface area contributed by atoms with Crippen molar-refractivity contribution in [2.45, 2.75) is 26.9 Å². The summed E-state index contributed by atoms with van der Waals surface area (Å²) in [6.07, 6.45) is 0.202. The number of hydrogen-bond donors (Lipinski definition) is 1. The highest BCUT2D eigenvalue weighted by Crippen LogP contribution is 2.23. The van der Waals surface area contributed by atoms with Crippen LogP contribution in [0, 0.1) is 13.8 Å². The van der Waals surface area contributed by atoms with E-state index >= 15 is 0 Å². The Bertz CT molecular complexity index is 639. The Labute approximate surface area is 164 Å². The first-order valence-electron chi connectivity index (χ1n) is 10.2. The number of morpholine rings is 1. The largest absolute Gasteiger partial charge is 0.374 e. The van der Waals surface area contributed by atoms with E-state index in [0.29, 0.717) is 0 Å². The fourth-order valence-electron chi connectivity index (χ4n) is 3.83. The van der Waals surface area contributed by atoms with Gasteiger partial charge in [-0.15, -0.1) is 0 Å². The maximum absolute atomic E-state index is 5.86. The molecule has 0 amide bonds. The van der Waals surface area contributed by atoms with Crippen LogP contribution in [0.15, 0.2) is 23.2 Å². The number of rotatable bonds is 4. The van der Waals surface area contributed by atoms with Gasteiger partial charge in [-0.05, 0) is 45.0 Å². The van der Waals surface area contributed by atoms with Crippen molar-refractivity contribution >= 4 is 11.6 Å². The number of guanidine groups is 1. The zero-order valence-corrected chi connectivity index (χ0v) is 17.4. The van der Waals surface area contributed by atoms with E-state index in [2.05, 4.69) is 66.0 Å². The van der Waals surface area contributed by atoms with Crippen LogP contribution in [-0.2, 0) is 4.74 Å². The van der Waals surface area contributed by atoms with Crippen LogP contribution in [-0.4, -0.2) is 87.9 Å². The highest BCUT2D eigenvalue weighted by molar-refractivity contribution is 5.80. The lowest BCUT2D eigenvalue weighted by molar-refractivity contribution is -0.0137. The maximum atomic E-state index is 5.86. The van der Waals surface area contributed by atoms with Gasteiger partial charge < -0.3 is 24.8 Å². The average molecular weight is 374 g/mol. The zero-order chi connectivity index (χ0) is 19.2. The third-order valence-electron chi connectivity index (χ3n) is 5.62. The molecule has 3 rings (SSSR count). The Balaban J connectivity index is 1.59. The molecule has 6 nitrogen and oxygen atoms in total. The number of ether oxygens (including phenoxy) is 1. The summed E-state index contributed by atoms with van der Waals surface area (Å²) in [5.74, 6) is 1.02. The van der Waals surface area contributed by atoms with Gasteiger partial charge in [0.2, 0.25) is 0 Å². The first-order valence-corrected chi connectivity index (χ1v) is 10.2. The smallest absolute Gasteiger partial charge is 0.194 e. The van der Waals surface area contributed by atoms with E-state index in [1.807, 2.05) is 0 Å². The Morgan fingerprint density at radius 2 is 1.96 bits per heavy atom. The van der Waals surface area contributed by atoms with Gasteiger partial charge in [0.05, 0.1) is 19.3 Å². The SMILES string of the molecule is CCNC(=NCC1CN(C)CCO1)N1CCN(c2cccc(C)c2C)CC1. The van der Waals surface area contributed by atoms with E-state index in [4.69, 9.17) is 9.73 Å². The average Bonchev–Trinajstić information content (AvgIpc) is 2.68. The van der Waals surface area contributed by atoms with Gasteiger partial charge in [-0.1, -0.05) is 12.1 Å². The van der Waals surface area contributed by atoms with Crippen molar-refractivity contribution in [1.82, 2.24) is 15.1 Å². The molecule has 1 unspecified atom stereocenters. The zero-order valence-electron chi connectivity index (χ0n) is 17.4. The number of nitrogens with zero attached hydrogens (tertiary/aromatic N) is 4. The molecule has 0 bridgehead atoms. The van der Waals surface area contributed by atoms with Gasteiger partial charge in [-0.3, -0.25) is 4.99 Å². The molecule has 6 heteroatoms. The second kappa shape index (κ2) is 9.42. The Hall–Kier alpha value is -1.79. The molecule has 1 atom stereocenters. The van der Waals surface area contributed by atoms with E-state index in [0.717, 1.165) is 64.9 Å². The predicted molar refractivity (Wildman–Crippen MR) is 113 cm³/mol. The van der Waals surface area contributed by atoms with Crippen LogP contribution < -0.4 is 10.2 Å². The summed E-state index contributed by atoms with van der Waals surface area (Å²) in [6, 6.07) is 6.60. The van der Waals surface area contributed by atoms with Crippen LogP contribution in [0.2, 0.25) is 0 Å². The van der Waals surface area contributed by atoms with E-state index in [9.17, 15) is 0 Å². The number of aliphatic imine (C=N–C) groups is 1. The van der Waals surface area contributed by atoms with Crippen molar-refractivity contribution < 1.29 is 4.74 Å². The molecule has 2 fully saturated rings. The van der Waals surface area contributed by atoms with Crippen LogP contribution in [0.3, 0.4) is 0 Å². The topological polar surface area (TPSA) is 43.3 Å². The highest BCUT2D eigenvalue weighted by atomic mass is 16.5. The van der Waals surface area contributed by atoms with E-state index in [-0.39, 0.29) is 6.10 Å². The number of benzene rings is 1. The van der Waals surface area contributed by atoms with Crippen molar-refractivity contribution in [1.29, 1.82) is 0 Å². The van der Waals surface area contributed by atoms with Gasteiger partial charge in [0.15, 0.2) is 5.96 Å². The number of aryl methyl sites for hydroxylation is 1. The van der Waals surface area contributed by atoms with Crippen molar-refractivity contribution in [2.24, 2.45) is 4.99 Å². The number of likely N-dealkylation sites (N-methyl/N-ethyl adjacent to an activating group) is 1. The number of piperazine rings is 1. The molecule has 0 aliphatic carbocycles. The number of anilines is 1.